The van der Waals surface area contributed by atoms with E-state index >= 15 is 0 Å². The topological polar surface area (TPSA) is 127 Å². The van der Waals surface area contributed by atoms with E-state index in [1.54, 1.807) is 31.3 Å². The van der Waals surface area contributed by atoms with Gasteiger partial charge in [0.25, 0.3) is 0 Å². The molecule has 0 aliphatic carbocycles. The van der Waals surface area contributed by atoms with Gasteiger partial charge in [-0.05, 0) is 31.6 Å². The van der Waals surface area contributed by atoms with E-state index < -0.39 is 18.1 Å². The highest BCUT2D eigenvalue weighted by Gasteiger charge is 2.40. The number of aliphatic hydroxyl groups excluding tert-OH is 1. The number of hydrogen-bond donors (Lipinski definition) is 3. The lowest BCUT2D eigenvalue weighted by atomic mass is 9.77. The van der Waals surface area contributed by atoms with Crippen LogP contribution in [0.15, 0.2) is 52.5 Å². The molecule has 8 heteroatoms. The van der Waals surface area contributed by atoms with Gasteiger partial charge in [0.2, 0.25) is 0 Å². The number of allylic oxidation sites excluding steroid dienone is 2. The number of dihydropyridines is 2. The maximum Gasteiger partial charge on any atom is 0.336 e. The molecule has 0 bridgehead atoms. The highest BCUT2D eigenvalue weighted by molar-refractivity contribution is 5.93. The number of ether oxygens (including phenoxy) is 2. The summed E-state index contributed by atoms with van der Waals surface area (Å²) in [6.07, 6.45) is 0.736. The summed E-state index contributed by atoms with van der Waals surface area (Å²) in [5.41, 5.74) is 4.05. The summed E-state index contributed by atoms with van der Waals surface area (Å²) in [6, 6.07) is 8.96. The molecule has 0 fully saturated rings. The molecule has 154 valence electrons. The minimum absolute atomic E-state index is 0.0328. The van der Waals surface area contributed by atoms with Crippen LogP contribution in [-0.4, -0.2) is 31.0 Å². The SMILES string of the molecule is COc1cc(C#N)ccc1C1C(C(=O)OCCC#N)=C(C)NC2=C1C(O)NC=C2C. The molecule has 0 amide bonds. The molecular weight excluding hydrogens is 384 g/mol. The largest absolute Gasteiger partial charge is 0.496 e. The number of methoxy groups -OCH3 is 1. The molecule has 2 heterocycles. The summed E-state index contributed by atoms with van der Waals surface area (Å²) < 4.78 is 10.8. The third kappa shape index (κ3) is 3.73. The van der Waals surface area contributed by atoms with Gasteiger partial charge in [-0.2, -0.15) is 10.5 Å². The number of carbonyl (C=O) groups is 1. The first-order valence-corrected chi connectivity index (χ1v) is 9.38. The zero-order valence-electron chi connectivity index (χ0n) is 16.9. The Morgan fingerprint density at radius 2 is 2.07 bits per heavy atom. The van der Waals surface area contributed by atoms with Crippen LogP contribution in [0, 0.1) is 22.7 Å². The van der Waals surface area contributed by atoms with E-state index in [4.69, 9.17) is 14.7 Å². The average molecular weight is 406 g/mol. The van der Waals surface area contributed by atoms with Gasteiger partial charge < -0.3 is 25.2 Å². The molecule has 0 spiro atoms. The third-order valence-corrected chi connectivity index (χ3v) is 5.09. The van der Waals surface area contributed by atoms with Gasteiger partial charge in [-0.1, -0.05) is 6.07 Å². The van der Waals surface area contributed by atoms with Gasteiger partial charge >= 0.3 is 5.97 Å². The lowest BCUT2D eigenvalue weighted by Gasteiger charge is -2.37. The first-order valence-electron chi connectivity index (χ1n) is 9.38. The second kappa shape index (κ2) is 8.73. The lowest BCUT2D eigenvalue weighted by molar-refractivity contribution is -0.139. The van der Waals surface area contributed by atoms with Crippen LogP contribution in [0.3, 0.4) is 0 Å². The zero-order chi connectivity index (χ0) is 21.8. The van der Waals surface area contributed by atoms with Crippen molar-refractivity contribution in [2.24, 2.45) is 0 Å². The second-order valence-electron chi connectivity index (χ2n) is 6.94. The maximum atomic E-state index is 13.0. The number of benzene rings is 1. The van der Waals surface area contributed by atoms with Crippen molar-refractivity contribution in [2.45, 2.75) is 32.4 Å². The van der Waals surface area contributed by atoms with Crippen LogP contribution in [0.4, 0.5) is 0 Å². The fourth-order valence-corrected chi connectivity index (χ4v) is 3.71. The summed E-state index contributed by atoms with van der Waals surface area (Å²) in [4.78, 5) is 13.0. The predicted octanol–water partition coefficient (Wildman–Crippen LogP) is 2.06. The van der Waals surface area contributed by atoms with E-state index in [0.717, 1.165) is 5.57 Å². The number of carbonyl (C=O) groups excluding carboxylic acids is 1. The standard InChI is InChI=1S/C22H22N4O4/c1-12-11-25-21(27)19-18(15-6-5-14(10-24)9-16(15)29-3)17(13(2)26-20(12)19)22(28)30-8-4-7-23/h5-6,9,11,18,21,25-27H,4,8H2,1-3H3. The quantitative estimate of drug-likeness (QED) is 0.501. The number of esters is 1. The number of rotatable bonds is 5. The Labute approximate surface area is 174 Å². The molecule has 0 radical (unpaired) electrons. The van der Waals surface area contributed by atoms with Crippen LogP contribution in [-0.2, 0) is 9.53 Å². The summed E-state index contributed by atoms with van der Waals surface area (Å²) in [5, 5.41) is 34.8. The summed E-state index contributed by atoms with van der Waals surface area (Å²) >= 11 is 0. The normalized spacial score (nSPS) is 20.1. The molecule has 30 heavy (non-hydrogen) atoms. The molecule has 2 atom stereocenters. The van der Waals surface area contributed by atoms with Crippen molar-refractivity contribution in [1.29, 1.82) is 10.5 Å². The van der Waals surface area contributed by atoms with Crippen LogP contribution < -0.4 is 15.4 Å². The molecule has 3 rings (SSSR count). The summed E-state index contributed by atoms with van der Waals surface area (Å²) in [6.45, 7) is 3.61. The Hall–Kier alpha value is -3.75. The van der Waals surface area contributed by atoms with E-state index in [9.17, 15) is 15.2 Å². The van der Waals surface area contributed by atoms with Crippen molar-refractivity contribution in [3.63, 3.8) is 0 Å². The first kappa shape index (κ1) is 21.0. The van der Waals surface area contributed by atoms with Gasteiger partial charge in [0.15, 0.2) is 0 Å². The van der Waals surface area contributed by atoms with Crippen LogP contribution >= 0.6 is 0 Å². The van der Waals surface area contributed by atoms with Crippen LogP contribution in [0.2, 0.25) is 0 Å². The zero-order valence-corrected chi connectivity index (χ0v) is 16.9. The Balaban J connectivity index is 2.19. The van der Waals surface area contributed by atoms with Crippen LogP contribution in [0.1, 0.15) is 37.3 Å². The number of nitrogens with one attached hydrogen (secondary N) is 2. The third-order valence-electron chi connectivity index (χ3n) is 5.09. The molecule has 0 saturated carbocycles. The maximum absolute atomic E-state index is 13.0. The van der Waals surface area contributed by atoms with Crippen molar-refractivity contribution in [2.75, 3.05) is 13.7 Å². The Bertz CT molecular complexity index is 1060. The Morgan fingerprint density at radius 3 is 2.73 bits per heavy atom. The van der Waals surface area contributed by atoms with E-state index in [2.05, 4.69) is 16.7 Å². The molecule has 0 aromatic heterocycles. The van der Waals surface area contributed by atoms with Crippen molar-refractivity contribution >= 4 is 5.97 Å². The second-order valence-corrected chi connectivity index (χ2v) is 6.94. The first-order chi connectivity index (χ1) is 14.4. The average Bonchev–Trinajstić information content (AvgIpc) is 2.75. The van der Waals surface area contributed by atoms with Gasteiger partial charge in [-0.15, -0.1) is 0 Å². The molecule has 3 N–H and O–H groups in total. The minimum atomic E-state index is -1.04. The smallest absolute Gasteiger partial charge is 0.336 e. The minimum Gasteiger partial charge on any atom is -0.496 e. The molecule has 2 aliphatic heterocycles. The highest BCUT2D eigenvalue weighted by atomic mass is 16.5. The number of hydrogen-bond acceptors (Lipinski definition) is 8. The molecule has 1 aromatic rings. The van der Waals surface area contributed by atoms with Gasteiger partial charge in [0.05, 0.1) is 36.8 Å². The Kier molecular flexibility index (Phi) is 6.10. The molecular formula is C22H22N4O4. The van der Waals surface area contributed by atoms with Crippen molar-refractivity contribution in [3.8, 4) is 17.9 Å². The van der Waals surface area contributed by atoms with Gasteiger partial charge in [0, 0.05) is 34.6 Å². The Morgan fingerprint density at radius 1 is 1.30 bits per heavy atom. The summed E-state index contributed by atoms with van der Waals surface area (Å²) in [5.74, 6) is -0.843. The van der Waals surface area contributed by atoms with Gasteiger partial charge in [-0.3, -0.25) is 0 Å². The summed E-state index contributed by atoms with van der Waals surface area (Å²) in [7, 11) is 1.48. The number of aliphatic hydroxyl groups is 1. The monoisotopic (exact) mass is 406 g/mol. The van der Waals surface area contributed by atoms with E-state index in [-0.39, 0.29) is 13.0 Å². The van der Waals surface area contributed by atoms with Gasteiger partial charge in [-0.25, -0.2) is 4.79 Å². The number of nitrogens with zero attached hydrogens (tertiary/aromatic N) is 2. The van der Waals surface area contributed by atoms with E-state index in [0.29, 0.717) is 39.4 Å². The van der Waals surface area contributed by atoms with Crippen LogP contribution in [0.25, 0.3) is 0 Å². The van der Waals surface area contributed by atoms with Crippen molar-refractivity contribution < 1.29 is 19.4 Å². The molecule has 0 saturated heterocycles. The molecule has 8 nitrogen and oxygen atoms in total. The highest BCUT2D eigenvalue weighted by Crippen LogP contribution is 2.45. The fourth-order valence-electron chi connectivity index (χ4n) is 3.71. The number of nitriles is 2. The van der Waals surface area contributed by atoms with Crippen molar-refractivity contribution in [1.82, 2.24) is 10.6 Å². The van der Waals surface area contributed by atoms with Crippen molar-refractivity contribution in [3.05, 3.63) is 63.6 Å². The van der Waals surface area contributed by atoms with E-state index in [1.807, 2.05) is 13.0 Å². The lowest BCUT2D eigenvalue weighted by Crippen LogP contribution is -2.41. The fraction of sp³-hybridized carbons (Fsp3) is 0.318. The molecule has 1 aromatic carbocycles. The molecule has 2 unspecified atom stereocenters. The van der Waals surface area contributed by atoms with Gasteiger partial charge in [0.1, 0.15) is 18.6 Å². The van der Waals surface area contributed by atoms with Crippen LogP contribution in [0.5, 0.6) is 5.75 Å². The molecule has 2 aliphatic rings. The van der Waals surface area contributed by atoms with E-state index in [1.165, 1.54) is 7.11 Å². The predicted molar refractivity (Wildman–Crippen MR) is 107 cm³/mol.